The third kappa shape index (κ3) is 5.20. The maximum Gasteiger partial charge on any atom is 0.262 e. The van der Waals surface area contributed by atoms with Gasteiger partial charge in [0.25, 0.3) is 5.56 Å². The van der Waals surface area contributed by atoms with E-state index >= 15 is 0 Å². The number of aromatic nitrogens is 2. The van der Waals surface area contributed by atoms with Gasteiger partial charge < -0.3 is 14.7 Å². The van der Waals surface area contributed by atoms with Gasteiger partial charge in [-0.1, -0.05) is 36.0 Å². The lowest BCUT2D eigenvalue weighted by Crippen LogP contribution is -2.29. The Hall–Kier alpha value is -2.84. The normalized spacial score (nSPS) is 10.9. The minimum Gasteiger partial charge on any atom is -0.497 e. The molecule has 0 saturated carbocycles. The summed E-state index contributed by atoms with van der Waals surface area (Å²) in [6.07, 6.45) is 0.442. The SMILES string of the molecule is COc1cccc(CN(C)C(=O)CSc2nc3ccccc3c(=O)n2CCCO)c1. The quantitative estimate of drug-likeness (QED) is 0.417. The molecule has 0 atom stereocenters. The summed E-state index contributed by atoms with van der Waals surface area (Å²) in [4.78, 5) is 31.7. The number of carbonyl (C=O) groups is 1. The molecule has 1 N–H and O–H groups in total. The number of benzene rings is 2. The Balaban J connectivity index is 1.75. The number of carbonyl (C=O) groups excluding carboxylic acids is 1. The van der Waals surface area contributed by atoms with Crippen LogP contribution in [0.3, 0.4) is 0 Å². The van der Waals surface area contributed by atoms with Crippen LogP contribution in [-0.4, -0.2) is 52.0 Å². The molecule has 0 fully saturated rings. The molecule has 0 spiro atoms. The van der Waals surface area contributed by atoms with Crippen LogP contribution in [0, 0.1) is 0 Å². The Labute approximate surface area is 179 Å². The van der Waals surface area contributed by atoms with Crippen molar-refractivity contribution >= 4 is 28.6 Å². The average Bonchev–Trinajstić information content (AvgIpc) is 2.77. The van der Waals surface area contributed by atoms with Gasteiger partial charge in [-0.15, -0.1) is 0 Å². The van der Waals surface area contributed by atoms with Gasteiger partial charge in [0.05, 0.1) is 23.8 Å². The molecule has 1 heterocycles. The monoisotopic (exact) mass is 427 g/mol. The predicted octanol–water partition coefficient (Wildman–Crippen LogP) is 2.54. The number of hydrogen-bond acceptors (Lipinski definition) is 6. The lowest BCUT2D eigenvalue weighted by Gasteiger charge is -2.18. The zero-order valence-electron chi connectivity index (χ0n) is 17.1. The van der Waals surface area contributed by atoms with E-state index in [2.05, 4.69) is 4.98 Å². The van der Waals surface area contributed by atoms with Gasteiger partial charge in [0.1, 0.15) is 5.75 Å². The maximum absolute atomic E-state index is 12.9. The van der Waals surface area contributed by atoms with Crippen LogP contribution in [0.1, 0.15) is 12.0 Å². The summed E-state index contributed by atoms with van der Waals surface area (Å²) >= 11 is 1.24. The molecule has 7 nitrogen and oxygen atoms in total. The number of hydrogen-bond donors (Lipinski definition) is 1. The van der Waals surface area contributed by atoms with Crippen molar-refractivity contribution in [3.8, 4) is 5.75 Å². The highest BCUT2D eigenvalue weighted by Gasteiger charge is 2.15. The molecule has 8 heteroatoms. The van der Waals surface area contributed by atoms with Crippen molar-refractivity contribution in [2.75, 3.05) is 26.5 Å². The van der Waals surface area contributed by atoms with Crippen molar-refractivity contribution in [2.24, 2.45) is 0 Å². The summed E-state index contributed by atoms with van der Waals surface area (Å²) in [6.45, 7) is 0.786. The highest BCUT2D eigenvalue weighted by Crippen LogP contribution is 2.19. The van der Waals surface area contributed by atoms with E-state index in [0.29, 0.717) is 35.6 Å². The molecule has 3 aromatic rings. The summed E-state index contributed by atoms with van der Waals surface area (Å²) in [5.74, 6) is 0.833. The Kier molecular flexibility index (Phi) is 7.48. The number of ether oxygens (including phenoxy) is 1. The Morgan fingerprint density at radius 3 is 2.80 bits per heavy atom. The third-order valence-corrected chi connectivity index (χ3v) is 5.63. The summed E-state index contributed by atoms with van der Waals surface area (Å²) < 4.78 is 6.77. The Bertz CT molecular complexity index is 1080. The first-order chi connectivity index (χ1) is 14.5. The van der Waals surface area contributed by atoms with Crippen molar-refractivity contribution in [3.63, 3.8) is 0 Å². The standard InChI is InChI=1S/C22H25N3O4S/c1-24(14-16-7-5-8-17(13-16)29-2)20(27)15-30-22-23-19-10-4-3-9-18(19)21(28)25(22)11-6-12-26/h3-5,7-10,13,26H,6,11-12,14-15H2,1-2H3. The molecule has 0 bridgehead atoms. The minimum absolute atomic E-state index is 0.0222. The van der Waals surface area contributed by atoms with Crippen LogP contribution in [0.4, 0.5) is 0 Å². The molecule has 0 unspecified atom stereocenters. The van der Waals surface area contributed by atoms with E-state index in [9.17, 15) is 14.7 Å². The number of nitrogens with zero attached hydrogens (tertiary/aromatic N) is 3. The second kappa shape index (κ2) is 10.3. The van der Waals surface area contributed by atoms with Crippen molar-refractivity contribution in [3.05, 3.63) is 64.4 Å². The van der Waals surface area contributed by atoms with E-state index in [-0.39, 0.29) is 23.8 Å². The molecule has 2 aromatic carbocycles. The molecule has 1 aromatic heterocycles. The number of methoxy groups -OCH3 is 1. The first-order valence-corrected chi connectivity index (χ1v) is 10.6. The topological polar surface area (TPSA) is 84.7 Å². The van der Waals surface area contributed by atoms with E-state index < -0.39 is 0 Å². The number of para-hydroxylation sites is 1. The van der Waals surface area contributed by atoms with Crippen LogP contribution in [-0.2, 0) is 17.9 Å². The van der Waals surface area contributed by atoms with Gasteiger partial charge in [-0.25, -0.2) is 4.98 Å². The van der Waals surface area contributed by atoms with Gasteiger partial charge in [0, 0.05) is 26.7 Å². The van der Waals surface area contributed by atoms with Crippen molar-refractivity contribution in [1.29, 1.82) is 0 Å². The fourth-order valence-electron chi connectivity index (χ4n) is 3.05. The van der Waals surface area contributed by atoms with E-state index in [0.717, 1.165) is 11.3 Å². The number of thioether (sulfide) groups is 1. The van der Waals surface area contributed by atoms with Crippen molar-refractivity contribution < 1.29 is 14.6 Å². The van der Waals surface area contributed by atoms with Gasteiger partial charge in [0.15, 0.2) is 5.16 Å². The Morgan fingerprint density at radius 2 is 2.03 bits per heavy atom. The molecule has 0 radical (unpaired) electrons. The van der Waals surface area contributed by atoms with Crippen LogP contribution in [0.15, 0.2) is 58.5 Å². The highest BCUT2D eigenvalue weighted by molar-refractivity contribution is 7.99. The molecule has 158 valence electrons. The van der Waals surface area contributed by atoms with Crippen LogP contribution in [0.5, 0.6) is 5.75 Å². The molecular weight excluding hydrogens is 402 g/mol. The highest BCUT2D eigenvalue weighted by atomic mass is 32.2. The fourth-order valence-corrected chi connectivity index (χ4v) is 4.02. The van der Waals surface area contributed by atoms with Crippen LogP contribution in [0.2, 0.25) is 0 Å². The van der Waals surface area contributed by atoms with Crippen molar-refractivity contribution in [2.45, 2.75) is 24.7 Å². The summed E-state index contributed by atoms with van der Waals surface area (Å²) in [6, 6.07) is 14.7. The third-order valence-electron chi connectivity index (χ3n) is 4.67. The van der Waals surface area contributed by atoms with Gasteiger partial charge >= 0.3 is 0 Å². The summed E-state index contributed by atoms with van der Waals surface area (Å²) in [7, 11) is 3.35. The largest absolute Gasteiger partial charge is 0.497 e. The van der Waals surface area contributed by atoms with E-state index in [1.165, 1.54) is 11.8 Å². The first-order valence-electron chi connectivity index (χ1n) is 9.63. The summed E-state index contributed by atoms with van der Waals surface area (Å²) in [5.41, 5.74) is 1.41. The Morgan fingerprint density at radius 1 is 1.23 bits per heavy atom. The molecule has 3 rings (SSSR count). The first kappa shape index (κ1) is 21.9. The minimum atomic E-state index is -0.159. The molecule has 30 heavy (non-hydrogen) atoms. The number of amides is 1. The second-order valence-electron chi connectivity index (χ2n) is 6.84. The van der Waals surface area contributed by atoms with Gasteiger partial charge in [0.2, 0.25) is 5.91 Å². The molecule has 0 aliphatic heterocycles. The lowest BCUT2D eigenvalue weighted by atomic mass is 10.2. The predicted molar refractivity (Wildman–Crippen MR) is 118 cm³/mol. The van der Waals surface area contributed by atoms with Gasteiger partial charge in [-0.05, 0) is 36.2 Å². The average molecular weight is 428 g/mol. The lowest BCUT2D eigenvalue weighted by molar-refractivity contribution is -0.127. The fraction of sp³-hybridized carbons (Fsp3) is 0.318. The van der Waals surface area contributed by atoms with E-state index in [4.69, 9.17) is 4.74 Å². The number of aliphatic hydroxyl groups excluding tert-OH is 1. The van der Waals surface area contributed by atoms with Gasteiger partial charge in [-0.3, -0.25) is 14.2 Å². The molecule has 0 aliphatic carbocycles. The summed E-state index contributed by atoms with van der Waals surface area (Å²) in [5, 5.41) is 10.2. The van der Waals surface area contributed by atoms with Crippen LogP contribution in [0.25, 0.3) is 10.9 Å². The zero-order chi connectivity index (χ0) is 21.5. The van der Waals surface area contributed by atoms with Crippen LogP contribution >= 0.6 is 11.8 Å². The van der Waals surface area contributed by atoms with Crippen molar-refractivity contribution in [1.82, 2.24) is 14.5 Å². The van der Waals surface area contributed by atoms with E-state index in [1.54, 1.807) is 41.8 Å². The second-order valence-corrected chi connectivity index (χ2v) is 7.78. The number of rotatable bonds is 9. The van der Waals surface area contributed by atoms with E-state index in [1.807, 2.05) is 30.3 Å². The molecule has 1 amide bonds. The maximum atomic E-state index is 12.9. The molecule has 0 saturated heterocycles. The smallest absolute Gasteiger partial charge is 0.262 e. The number of fused-ring (bicyclic) bond motifs is 1. The van der Waals surface area contributed by atoms with Gasteiger partial charge in [-0.2, -0.15) is 0 Å². The number of aliphatic hydroxyl groups is 1. The zero-order valence-corrected chi connectivity index (χ0v) is 17.9. The van der Waals surface area contributed by atoms with Crippen LogP contribution < -0.4 is 10.3 Å². The molecular formula is C22H25N3O4S. The molecule has 0 aliphatic rings.